The molecule has 2 N–H and O–H groups in total. The van der Waals surface area contributed by atoms with Crippen molar-refractivity contribution in [1.29, 1.82) is 0 Å². The van der Waals surface area contributed by atoms with Crippen LogP contribution in [0.5, 0.6) is 0 Å². The fourth-order valence-corrected chi connectivity index (χ4v) is 1.35. The topological polar surface area (TPSA) is 26.0 Å². The quantitative estimate of drug-likeness (QED) is 0.823. The van der Waals surface area contributed by atoms with Crippen LogP contribution in [0.4, 0.5) is 22.0 Å². The van der Waals surface area contributed by atoms with Crippen molar-refractivity contribution in [2.75, 3.05) is 6.67 Å². The molecule has 0 unspecified atom stereocenters. The van der Waals surface area contributed by atoms with Gasteiger partial charge in [-0.3, -0.25) is 0 Å². The van der Waals surface area contributed by atoms with E-state index in [2.05, 4.69) is 0 Å². The highest BCUT2D eigenvalue weighted by Gasteiger charge is 2.32. The van der Waals surface area contributed by atoms with Gasteiger partial charge in [-0.1, -0.05) is 11.6 Å². The van der Waals surface area contributed by atoms with E-state index >= 15 is 0 Å². The molecule has 1 aromatic rings. The van der Waals surface area contributed by atoms with E-state index in [4.69, 9.17) is 17.3 Å². The van der Waals surface area contributed by atoms with E-state index in [1.54, 1.807) is 0 Å². The van der Waals surface area contributed by atoms with Gasteiger partial charge in [0.15, 0.2) is 0 Å². The number of rotatable bonds is 2. The van der Waals surface area contributed by atoms with Gasteiger partial charge in [-0.25, -0.2) is 8.78 Å². The molecule has 0 heterocycles. The normalized spacial score (nSPS) is 13.1. The molecule has 0 saturated heterocycles. The lowest BCUT2D eigenvalue weighted by atomic mass is 10.0. The van der Waals surface area contributed by atoms with Crippen LogP contribution < -0.4 is 5.73 Å². The molecule has 0 saturated carbocycles. The summed E-state index contributed by atoms with van der Waals surface area (Å²) in [6, 6.07) is -0.559. The van der Waals surface area contributed by atoms with Crippen LogP contribution >= 0.6 is 24.0 Å². The second-order valence-electron chi connectivity index (χ2n) is 3.12. The monoisotopic (exact) mass is 295 g/mol. The molecular formula is C9H8Cl2F5N. The molecule has 0 aliphatic rings. The second-order valence-corrected chi connectivity index (χ2v) is 3.53. The molecule has 0 amide bonds. The smallest absolute Gasteiger partial charge is 0.322 e. The summed E-state index contributed by atoms with van der Waals surface area (Å²) in [5.41, 5.74) is 3.40. The minimum Gasteiger partial charge on any atom is -0.322 e. The molecule has 0 aliphatic heterocycles. The average molecular weight is 296 g/mol. The lowest BCUT2D eigenvalue weighted by Gasteiger charge is -2.14. The summed E-state index contributed by atoms with van der Waals surface area (Å²) in [7, 11) is 0. The van der Waals surface area contributed by atoms with Crippen LogP contribution in [-0.2, 0) is 6.18 Å². The third-order valence-electron chi connectivity index (χ3n) is 1.95. The van der Waals surface area contributed by atoms with E-state index in [1.165, 1.54) is 0 Å². The van der Waals surface area contributed by atoms with Crippen molar-refractivity contribution >= 4 is 24.0 Å². The van der Waals surface area contributed by atoms with Crippen LogP contribution in [0.3, 0.4) is 0 Å². The fraction of sp³-hybridized carbons (Fsp3) is 0.333. The maximum absolute atomic E-state index is 13.3. The van der Waals surface area contributed by atoms with Crippen LogP contribution in [0.2, 0.25) is 5.02 Å². The average Bonchev–Trinajstić information content (AvgIpc) is 2.19. The van der Waals surface area contributed by atoms with Crippen LogP contribution in [-0.4, -0.2) is 6.67 Å². The largest absolute Gasteiger partial charge is 0.416 e. The Bertz CT molecular complexity index is 394. The number of nitrogens with two attached hydrogens (primary N) is 1. The summed E-state index contributed by atoms with van der Waals surface area (Å²) in [6.07, 6.45) is -4.68. The molecule has 1 aromatic carbocycles. The van der Waals surface area contributed by atoms with Crippen molar-refractivity contribution in [3.63, 3.8) is 0 Å². The fourth-order valence-electron chi connectivity index (χ4n) is 1.13. The summed E-state index contributed by atoms with van der Waals surface area (Å²) in [6.45, 7) is -1.17. The number of halogens is 7. The Morgan fingerprint density at radius 3 is 2.24 bits per heavy atom. The Morgan fingerprint density at radius 2 is 1.82 bits per heavy atom. The van der Waals surface area contributed by atoms with Gasteiger partial charge < -0.3 is 5.73 Å². The van der Waals surface area contributed by atoms with Crippen molar-refractivity contribution in [2.45, 2.75) is 12.2 Å². The van der Waals surface area contributed by atoms with Gasteiger partial charge in [0.2, 0.25) is 0 Å². The first-order valence-corrected chi connectivity index (χ1v) is 4.53. The van der Waals surface area contributed by atoms with Crippen molar-refractivity contribution in [3.8, 4) is 0 Å². The standard InChI is InChI=1S/C9H7ClF5N.ClH/c10-6-2-4(9(13,14)15)1-5(8(6)12)7(16)3-11;/h1-2,7H,3,16H2;1H/t7-;/m1./s1. The van der Waals surface area contributed by atoms with Crippen molar-refractivity contribution < 1.29 is 22.0 Å². The highest BCUT2D eigenvalue weighted by atomic mass is 35.5. The van der Waals surface area contributed by atoms with Gasteiger partial charge in [-0.05, 0) is 12.1 Å². The third kappa shape index (κ3) is 3.69. The maximum Gasteiger partial charge on any atom is 0.416 e. The number of benzene rings is 1. The van der Waals surface area contributed by atoms with Crippen LogP contribution in [0, 0.1) is 5.82 Å². The van der Waals surface area contributed by atoms with E-state index in [-0.39, 0.29) is 12.4 Å². The molecule has 0 spiro atoms. The second kappa shape index (κ2) is 5.84. The van der Waals surface area contributed by atoms with E-state index in [0.717, 1.165) is 0 Å². The minimum atomic E-state index is -4.68. The highest BCUT2D eigenvalue weighted by Crippen LogP contribution is 2.34. The lowest BCUT2D eigenvalue weighted by Crippen LogP contribution is -2.16. The van der Waals surface area contributed by atoms with E-state index in [1.807, 2.05) is 0 Å². The summed E-state index contributed by atoms with van der Waals surface area (Å²) in [4.78, 5) is 0. The third-order valence-corrected chi connectivity index (χ3v) is 2.22. The molecule has 1 nitrogen and oxygen atoms in total. The Morgan fingerprint density at radius 1 is 1.29 bits per heavy atom. The van der Waals surface area contributed by atoms with Gasteiger partial charge >= 0.3 is 6.18 Å². The first kappa shape index (κ1) is 16.4. The Kier molecular flexibility index (Phi) is 5.64. The highest BCUT2D eigenvalue weighted by molar-refractivity contribution is 6.30. The van der Waals surface area contributed by atoms with Crippen molar-refractivity contribution in [2.24, 2.45) is 5.73 Å². The molecule has 0 radical (unpaired) electrons. The first-order chi connectivity index (χ1) is 7.27. The molecule has 0 bridgehead atoms. The number of alkyl halides is 4. The van der Waals surface area contributed by atoms with Gasteiger partial charge in [0.25, 0.3) is 0 Å². The predicted molar refractivity (Wildman–Crippen MR) is 56.6 cm³/mol. The van der Waals surface area contributed by atoms with Gasteiger partial charge in [-0.2, -0.15) is 13.2 Å². The van der Waals surface area contributed by atoms with Crippen LogP contribution in [0.1, 0.15) is 17.2 Å². The number of hydrogen-bond donors (Lipinski definition) is 1. The van der Waals surface area contributed by atoms with Crippen LogP contribution in [0.15, 0.2) is 12.1 Å². The van der Waals surface area contributed by atoms with Crippen molar-refractivity contribution in [1.82, 2.24) is 0 Å². The van der Waals surface area contributed by atoms with Gasteiger partial charge in [0.05, 0.1) is 16.6 Å². The Labute approximate surface area is 105 Å². The maximum atomic E-state index is 13.3. The molecule has 1 rings (SSSR count). The zero-order valence-electron chi connectivity index (χ0n) is 8.19. The van der Waals surface area contributed by atoms with Crippen molar-refractivity contribution in [3.05, 3.63) is 34.1 Å². The molecule has 8 heteroatoms. The molecule has 0 fully saturated rings. The first-order valence-electron chi connectivity index (χ1n) is 4.15. The van der Waals surface area contributed by atoms with Gasteiger partial charge in [0.1, 0.15) is 12.5 Å². The molecule has 1 atom stereocenters. The predicted octanol–water partition coefficient (Wildman–Crippen LogP) is 3.89. The molecule has 98 valence electrons. The van der Waals surface area contributed by atoms with E-state index < -0.39 is 40.9 Å². The van der Waals surface area contributed by atoms with Crippen LogP contribution in [0.25, 0.3) is 0 Å². The minimum absolute atomic E-state index is 0. The zero-order chi connectivity index (χ0) is 12.5. The van der Waals surface area contributed by atoms with Gasteiger partial charge in [0, 0.05) is 5.56 Å². The van der Waals surface area contributed by atoms with Gasteiger partial charge in [-0.15, -0.1) is 12.4 Å². The molecule has 0 aromatic heterocycles. The Hall–Kier alpha value is -0.590. The molecular weight excluding hydrogens is 288 g/mol. The zero-order valence-corrected chi connectivity index (χ0v) is 9.76. The Balaban J connectivity index is 0.00000256. The summed E-state index contributed by atoms with van der Waals surface area (Å²) < 4.78 is 62.5. The summed E-state index contributed by atoms with van der Waals surface area (Å²) >= 11 is 5.27. The summed E-state index contributed by atoms with van der Waals surface area (Å²) in [5.74, 6) is -1.13. The summed E-state index contributed by atoms with van der Waals surface area (Å²) in [5, 5.41) is -0.728. The van der Waals surface area contributed by atoms with E-state index in [9.17, 15) is 22.0 Å². The SMILES string of the molecule is Cl.N[C@H](CF)c1cc(C(F)(F)F)cc(Cl)c1F. The number of hydrogen-bond acceptors (Lipinski definition) is 1. The molecule has 0 aliphatic carbocycles. The lowest BCUT2D eigenvalue weighted by molar-refractivity contribution is -0.137. The molecule has 17 heavy (non-hydrogen) atoms. The van der Waals surface area contributed by atoms with E-state index in [0.29, 0.717) is 12.1 Å².